The van der Waals surface area contributed by atoms with Gasteiger partial charge in [0, 0.05) is 23.2 Å². The number of nitro benzene ring substituents is 1. The lowest BCUT2D eigenvalue weighted by atomic mass is 9.98. The number of hydrogen-bond donors (Lipinski definition) is 2. The van der Waals surface area contributed by atoms with E-state index in [1.54, 1.807) is 13.0 Å². The van der Waals surface area contributed by atoms with Gasteiger partial charge < -0.3 is 10.4 Å². The Bertz CT molecular complexity index is 598. The van der Waals surface area contributed by atoms with E-state index in [2.05, 4.69) is 5.32 Å². The Balaban J connectivity index is 3.02. The van der Waals surface area contributed by atoms with Crippen LogP contribution in [0.3, 0.4) is 0 Å². The van der Waals surface area contributed by atoms with Gasteiger partial charge in [-0.15, -0.1) is 0 Å². The molecule has 7 heteroatoms. The molecule has 1 aromatic rings. The van der Waals surface area contributed by atoms with Gasteiger partial charge in [-0.1, -0.05) is 19.9 Å². The van der Waals surface area contributed by atoms with Crippen LogP contribution in [0.25, 0.3) is 0 Å². The summed E-state index contributed by atoms with van der Waals surface area (Å²) in [6, 6.07) is 3.70. The summed E-state index contributed by atoms with van der Waals surface area (Å²) >= 11 is 0. The second kappa shape index (κ2) is 7.02. The van der Waals surface area contributed by atoms with Crippen molar-refractivity contribution in [1.29, 1.82) is 0 Å². The highest BCUT2D eigenvalue weighted by atomic mass is 16.6. The molecule has 0 spiro atoms. The first-order chi connectivity index (χ1) is 10.1. The summed E-state index contributed by atoms with van der Waals surface area (Å²) in [5.41, 5.74) is 0.579. The molecule has 0 aliphatic rings. The van der Waals surface area contributed by atoms with Gasteiger partial charge in [0.25, 0.3) is 11.6 Å². The molecule has 1 aromatic carbocycles. The molecule has 2 N–H and O–H groups in total. The summed E-state index contributed by atoms with van der Waals surface area (Å²) in [6.07, 6.45) is 0. The third-order valence-electron chi connectivity index (χ3n) is 3.61. The lowest BCUT2D eigenvalue weighted by Crippen LogP contribution is -2.40. The molecule has 2 atom stereocenters. The van der Waals surface area contributed by atoms with Crippen molar-refractivity contribution >= 4 is 17.6 Å². The summed E-state index contributed by atoms with van der Waals surface area (Å²) in [4.78, 5) is 33.6. The number of aliphatic carboxylic acids is 1. The van der Waals surface area contributed by atoms with Crippen molar-refractivity contribution in [2.75, 3.05) is 0 Å². The molecule has 1 rings (SSSR count). The average molecular weight is 308 g/mol. The van der Waals surface area contributed by atoms with Gasteiger partial charge in [-0.2, -0.15) is 0 Å². The summed E-state index contributed by atoms with van der Waals surface area (Å²) in [5.74, 6) is -2.34. The first kappa shape index (κ1) is 17.6. The zero-order valence-electron chi connectivity index (χ0n) is 13.0. The number of carbonyl (C=O) groups is 2. The molecule has 0 saturated carbocycles. The molecular weight excluding hydrogens is 288 g/mol. The highest BCUT2D eigenvalue weighted by Crippen LogP contribution is 2.27. The number of rotatable bonds is 6. The zero-order chi connectivity index (χ0) is 17.0. The fourth-order valence-corrected chi connectivity index (χ4v) is 1.96. The van der Waals surface area contributed by atoms with E-state index in [0.29, 0.717) is 5.56 Å². The maximum atomic E-state index is 12.1. The first-order valence-electron chi connectivity index (χ1n) is 6.97. The normalized spacial score (nSPS) is 13.5. The fraction of sp³-hybridized carbons (Fsp3) is 0.467. The Morgan fingerprint density at radius 2 is 1.82 bits per heavy atom. The van der Waals surface area contributed by atoms with Crippen LogP contribution in [0.15, 0.2) is 18.2 Å². The van der Waals surface area contributed by atoms with Crippen LogP contribution < -0.4 is 5.32 Å². The molecule has 2 unspecified atom stereocenters. The molecule has 7 nitrogen and oxygen atoms in total. The summed E-state index contributed by atoms with van der Waals surface area (Å²) < 4.78 is 0. The monoisotopic (exact) mass is 308 g/mol. The standard InChI is InChI=1S/C15H20N2O5/c1-8(2)12-6-5-11(7-13(12)17(21)22)14(18)16-10(4)9(3)15(19)20/h5-10H,1-4H3,(H,16,18)(H,19,20). The lowest BCUT2D eigenvalue weighted by Gasteiger charge is -2.18. The fourth-order valence-electron chi connectivity index (χ4n) is 1.96. The van der Waals surface area contributed by atoms with Crippen molar-refractivity contribution in [3.8, 4) is 0 Å². The Morgan fingerprint density at radius 3 is 2.27 bits per heavy atom. The van der Waals surface area contributed by atoms with Crippen molar-refractivity contribution in [3.63, 3.8) is 0 Å². The van der Waals surface area contributed by atoms with Crippen LogP contribution in [-0.2, 0) is 4.79 Å². The molecule has 0 saturated heterocycles. The quantitative estimate of drug-likeness (QED) is 0.620. The van der Waals surface area contributed by atoms with E-state index in [0.717, 1.165) is 0 Å². The minimum absolute atomic E-state index is 0.0385. The number of hydrogen-bond acceptors (Lipinski definition) is 4. The van der Waals surface area contributed by atoms with Gasteiger partial charge in [0.05, 0.1) is 10.8 Å². The molecule has 120 valence electrons. The number of carbonyl (C=O) groups excluding carboxylic acids is 1. The second-order valence-electron chi connectivity index (χ2n) is 5.57. The summed E-state index contributed by atoms with van der Waals surface area (Å²) in [5, 5.41) is 22.6. The Labute approximate surface area is 128 Å². The maximum Gasteiger partial charge on any atom is 0.308 e. The smallest absolute Gasteiger partial charge is 0.308 e. The predicted molar refractivity (Wildman–Crippen MR) is 80.9 cm³/mol. The molecule has 0 aliphatic heterocycles. The SMILES string of the molecule is CC(C)c1ccc(C(=O)NC(C)C(C)C(=O)O)cc1[N+](=O)[O-]. The van der Waals surface area contributed by atoms with Crippen molar-refractivity contribution < 1.29 is 19.6 Å². The number of amides is 1. The van der Waals surface area contributed by atoms with Crippen molar-refractivity contribution in [2.45, 2.75) is 39.7 Å². The number of carboxylic acids is 1. The second-order valence-corrected chi connectivity index (χ2v) is 5.57. The van der Waals surface area contributed by atoms with E-state index in [1.165, 1.54) is 19.1 Å². The van der Waals surface area contributed by atoms with E-state index >= 15 is 0 Å². The van der Waals surface area contributed by atoms with E-state index in [4.69, 9.17) is 5.11 Å². The van der Waals surface area contributed by atoms with Gasteiger partial charge in [-0.05, 0) is 25.8 Å². The molecular formula is C15H20N2O5. The van der Waals surface area contributed by atoms with Crippen LogP contribution >= 0.6 is 0 Å². The Morgan fingerprint density at radius 1 is 1.23 bits per heavy atom. The summed E-state index contributed by atoms with van der Waals surface area (Å²) in [7, 11) is 0. The van der Waals surface area contributed by atoms with E-state index in [9.17, 15) is 19.7 Å². The van der Waals surface area contributed by atoms with E-state index < -0.39 is 28.8 Å². The number of carboxylic acid groups (broad SMARTS) is 1. The van der Waals surface area contributed by atoms with Crippen LogP contribution in [0.1, 0.15) is 49.5 Å². The van der Waals surface area contributed by atoms with Gasteiger partial charge >= 0.3 is 5.97 Å². The Kier molecular flexibility index (Phi) is 5.62. The van der Waals surface area contributed by atoms with Crippen molar-refractivity contribution in [3.05, 3.63) is 39.4 Å². The largest absolute Gasteiger partial charge is 0.481 e. The predicted octanol–water partition coefficient (Wildman–Crippen LogP) is 2.56. The molecule has 0 radical (unpaired) electrons. The molecule has 0 bridgehead atoms. The van der Waals surface area contributed by atoms with Gasteiger partial charge in [0.15, 0.2) is 0 Å². The van der Waals surface area contributed by atoms with Gasteiger partial charge in [-0.25, -0.2) is 0 Å². The van der Waals surface area contributed by atoms with Gasteiger partial charge in [0.2, 0.25) is 0 Å². The molecule has 22 heavy (non-hydrogen) atoms. The molecule has 0 aliphatic carbocycles. The summed E-state index contributed by atoms with van der Waals surface area (Å²) in [6.45, 7) is 6.72. The van der Waals surface area contributed by atoms with Crippen molar-refractivity contribution in [1.82, 2.24) is 5.32 Å². The number of nitrogens with zero attached hydrogens (tertiary/aromatic N) is 1. The van der Waals surface area contributed by atoms with Crippen LogP contribution in [-0.4, -0.2) is 27.9 Å². The number of nitro groups is 1. The molecule has 1 amide bonds. The average Bonchev–Trinajstić information content (AvgIpc) is 2.45. The molecule has 0 aromatic heterocycles. The molecule has 0 fully saturated rings. The maximum absolute atomic E-state index is 12.1. The lowest BCUT2D eigenvalue weighted by molar-refractivity contribution is -0.385. The topological polar surface area (TPSA) is 110 Å². The highest BCUT2D eigenvalue weighted by Gasteiger charge is 2.23. The van der Waals surface area contributed by atoms with Crippen LogP contribution in [0.2, 0.25) is 0 Å². The Hall–Kier alpha value is -2.44. The molecule has 0 heterocycles. The van der Waals surface area contributed by atoms with Crippen LogP contribution in [0.5, 0.6) is 0 Å². The van der Waals surface area contributed by atoms with E-state index in [-0.39, 0.29) is 17.2 Å². The minimum atomic E-state index is -1.02. The number of benzene rings is 1. The third-order valence-corrected chi connectivity index (χ3v) is 3.61. The number of nitrogens with one attached hydrogen (secondary N) is 1. The van der Waals surface area contributed by atoms with Crippen LogP contribution in [0.4, 0.5) is 5.69 Å². The van der Waals surface area contributed by atoms with Crippen molar-refractivity contribution in [2.24, 2.45) is 5.92 Å². The minimum Gasteiger partial charge on any atom is -0.481 e. The third kappa shape index (κ3) is 4.03. The van der Waals surface area contributed by atoms with Crippen LogP contribution in [0, 0.1) is 16.0 Å². The van der Waals surface area contributed by atoms with Gasteiger partial charge in [0.1, 0.15) is 0 Å². The first-order valence-corrected chi connectivity index (χ1v) is 6.97. The zero-order valence-corrected chi connectivity index (χ0v) is 13.0. The van der Waals surface area contributed by atoms with Gasteiger partial charge in [-0.3, -0.25) is 19.7 Å². The highest BCUT2D eigenvalue weighted by molar-refractivity contribution is 5.95. The van der Waals surface area contributed by atoms with E-state index in [1.807, 2.05) is 13.8 Å².